The van der Waals surface area contributed by atoms with E-state index in [9.17, 15) is 0 Å². The average molecular weight is 282 g/mol. The van der Waals surface area contributed by atoms with E-state index in [4.69, 9.17) is 4.74 Å². The minimum absolute atomic E-state index is 0.784. The second kappa shape index (κ2) is 7.14. The van der Waals surface area contributed by atoms with E-state index in [1.165, 1.54) is 12.8 Å². The summed E-state index contributed by atoms with van der Waals surface area (Å²) >= 11 is 0. The number of hydrogen-bond donors (Lipinski definition) is 2. The van der Waals surface area contributed by atoms with Gasteiger partial charge in [-0.2, -0.15) is 0 Å². The topological polar surface area (TPSA) is 33.3 Å². The number of nitrogens with one attached hydrogen (secondary N) is 2. The third-order valence-corrected chi connectivity index (χ3v) is 3.89. The molecule has 1 aliphatic heterocycles. The van der Waals surface area contributed by atoms with Gasteiger partial charge in [-0.3, -0.25) is 0 Å². The first-order valence-electron chi connectivity index (χ1n) is 7.68. The van der Waals surface area contributed by atoms with Crippen molar-refractivity contribution in [2.75, 3.05) is 25.0 Å². The Bertz CT molecular complexity index is 533. The zero-order valence-electron chi connectivity index (χ0n) is 12.2. The molecule has 0 aromatic heterocycles. The predicted molar refractivity (Wildman–Crippen MR) is 87.0 cm³/mol. The minimum atomic E-state index is 0.784. The van der Waals surface area contributed by atoms with Crippen LogP contribution in [0.25, 0.3) is 0 Å². The van der Waals surface area contributed by atoms with Crippen molar-refractivity contribution in [2.24, 2.45) is 5.92 Å². The van der Waals surface area contributed by atoms with Crippen molar-refractivity contribution >= 4 is 5.69 Å². The maximum atomic E-state index is 5.79. The summed E-state index contributed by atoms with van der Waals surface area (Å²) in [6.07, 6.45) is 2.53. The lowest BCUT2D eigenvalue weighted by molar-refractivity contribution is 0.390. The van der Waals surface area contributed by atoms with Crippen LogP contribution in [0.4, 0.5) is 5.69 Å². The summed E-state index contributed by atoms with van der Waals surface area (Å²) in [6, 6.07) is 18.1. The number of anilines is 1. The Kier molecular flexibility index (Phi) is 4.74. The van der Waals surface area contributed by atoms with Gasteiger partial charge in [0.25, 0.3) is 0 Å². The number of ether oxygens (including phenoxy) is 1. The van der Waals surface area contributed by atoms with Gasteiger partial charge in [0.2, 0.25) is 0 Å². The highest BCUT2D eigenvalue weighted by atomic mass is 16.5. The largest absolute Gasteiger partial charge is 0.457 e. The van der Waals surface area contributed by atoms with Crippen LogP contribution in [0.5, 0.6) is 11.5 Å². The molecule has 0 aliphatic carbocycles. The minimum Gasteiger partial charge on any atom is -0.457 e. The van der Waals surface area contributed by atoms with E-state index in [1.54, 1.807) is 0 Å². The molecule has 0 atom stereocenters. The fourth-order valence-corrected chi connectivity index (χ4v) is 2.61. The Morgan fingerprint density at radius 3 is 2.29 bits per heavy atom. The molecule has 0 radical (unpaired) electrons. The molecular weight excluding hydrogens is 260 g/mol. The summed E-state index contributed by atoms with van der Waals surface area (Å²) < 4.78 is 5.79. The number of benzene rings is 2. The van der Waals surface area contributed by atoms with Crippen LogP contribution in [-0.2, 0) is 0 Å². The van der Waals surface area contributed by atoms with Crippen LogP contribution in [0.1, 0.15) is 12.8 Å². The molecule has 1 heterocycles. The lowest BCUT2D eigenvalue weighted by Crippen LogP contribution is -2.31. The Hall–Kier alpha value is -2.00. The van der Waals surface area contributed by atoms with Crippen LogP contribution in [0, 0.1) is 5.92 Å². The Morgan fingerprint density at radius 2 is 1.57 bits per heavy atom. The summed E-state index contributed by atoms with van der Waals surface area (Å²) in [6.45, 7) is 3.35. The summed E-state index contributed by atoms with van der Waals surface area (Å²) in [7, 11) is 0. The van der Waals surface area contributed by atoms with Gasteiger partial charge in [-0.05, 0) is 68.2 Å². The van der Waals surface area contributed by atoms with Crippen molar-refractivity contribution in [1.82, 2.24) is 5.32 Å². The highest BCUT2D eigenvalue weighted by Crippen LogP contribution is 2.23. The van der Waals surface area contributed by atoms with Crippen LogP contribution >= 0.6 is 0 Å². The van der Waals surface area contributed by atoms with E-state index < -0.39 is 0 Å². The van der Waals surface area contributed by atoms with Crippen LogP contribution in [0.3, 0.4) is 0 Å². The first-order chi connectivity index (χ1) is 10.4. The lowest BCUT2D eigenvalue weighted by Gasteiger charge is -2.23. The first kappa shape index (κ1) is 14.0. The van der Waals surface area contributed by atoms with Gasteiger partial charge in [-0.15, -0.1) is 0 Å². The second-order valence-electron chi connectivity index (χ2n) is 5.51. The van der Waals surface area contributed by atoms with Crippen molar-refractivity contribution in [1.29, 1.82) is 0 Å². The summed E-state index contributed by atoms with van der Waals surface area (Å²) in [5, 5.41) is 6.92. The molecule has 1 aliphatic rings. The first-order valence-corrected chi connectivity index (χ1v) is 7.68. The van der Waals surface area contributed by atoms with Gasteiger partial charge in [0.15, 0.2) is 0 Å². The zero-order valence-corrected chi connectivity index (χ0v) is 12.2. The molecule has 2 aromatic rings. The normalized spacial score (nSPS) is 15.6. The third-order valence-electron chi connectivity index (χ3n) is 3.89. The Balaban J connectivity index is 1.51. The Morgan fingerprint density at radius 1 is 0.905 bits per heavy atom. The monoisotopic (exact) mass is 282 g/mol. The van der Waals surface area contributed by atoms with Gasteiger partial charge < -0.3 is 15.4 Å². The predicted octanol–water partition coefficient (Wildman–Crippen LogP) is 3.89. The van der Waals surface area contributed by atoms with E-state index in [2.05, 4.69) is 22.8 Å². The third kappa shape index (κ3) is 4.23. The molecule has 2 N–H and O–H groups in total. The summed E-state index contributed by atoms with van der Waals surface area (Å²) in [5.74, 6) is 2.52. The molecule has 1 saturated heterocycles. The maximum Gasteiger partial charge on any atom is 0.127 e. The SMILES string of the molecule is c1ccc(Oc2ccc(NCC3CCNCC3)cc2)cc1. The number of piperidine rings is 1. The van der Waals surface area contributed by atoms with Crippen molar-refractivity contribution in [2.45, 2.75) is 12.8 Å². The highest BCUT2D eigenvalue weighted by Gasteiger charge is 2.12. The molecule has 110 valence electrons. The van der Waals surface area contributed by atoms with E-state index in [-0.39, 0.29) is 0 Å². The van der Waals surface area contributed by atoms with Crippen LogP contribution in [-0.4, -0.2) is 19.6 Å². The maximum absolute atomic E-state index is 5.79. The van der Waals surface area contributed by atoms with Crippen molar-refractivity contribution < 1.29 is 4.74 Å². The zero-order chi connectivity index (χ0) is 14.3. The van der Waals surface area contributed by atoms with Gasteiger partial charge in [-0.1, -0.05) is 18.2 Å². The van der Waals surface area contributed by atoms with E-state index >= 15 is 0 Å². The Labute approximate surface area is 126 Å². The molecule has 21 heavy (non-hydrogen) atoms. The lowest BCUT2D eigenvalue weighted by atomic mass is 9.98. The van der Waals surface area contributed by atoms with Gasteiger partial charge >= 0.3 is 0 Å². The second-order valence-corrected chi connectivity index (χ2v) is 5.51. The number of rotatable bonds is 5. The molecule has 0 amide bonds. The van der Waals surface area contributed by atoms with E-state index in [0.29, 0.717) is 0 Å². The molecule has 1 fully saturated rings. The quantitative estimate of drug-likeness (QED) is 0.873. The molecular formula is C18H22N2O. The molecule has 3 nitrogen and oxygen atoms in total. The average Bonchev–Trinajstić information content (AvgIpc) is 2.56. The number of hydrogen-bond acceptors (Lipinski definition) is 3. The molecule has 0 saturated carbocycles. The van der Waals surface area contributed by atoms with Crippen LogP contribution in [0.15, 0.2) is 54.6 Å². The van der Waals surface area contributed by atoms with Crippen LogP contribution in [0.2, 0.25) is 0 Å². The summed E-state index contributed by atoms with van der Waals surface area (Å²) in [5.41, 5.74) is 1.16. The van der Waals surface area contributed by atoms with Gasteiger partial charge in [-0.25, -0.2) is 0 Å². The molecule has 0 bridgehead atoms. The molecule has 0 unspecified atom stereocenters. The molecule has 3 rings (SSSR count). The van der Waals surface area contributed by atoms with Crippen molar-refractivity contribution in [3.05, 3.63) is 54.6 Å². The van der Waals surface area contributed by atoms with Gasteiger partial charge in [0, 0.05) is 12.2 Å². The molecule has 3 heteroatoms. The molecule has 2 aromatic carbocycles. The fraction of sp³-hybridized carbons (Fsp3) is 0.333. The fourth-order valence-electron chi connectivity index (χ4n) is 2.61. The standard InChI is InChI=1S/C18H22N2O/c1-2-4-17(5-3-1)21-18-8-6-16(7-9-18)20-14-15-10-12-19-13-11-15/h1-9,15,19-20H,10-14H2. The van der Waals surface area contributed by atoms with Crippen molar-refractivity contribution in [3.8, 4) is 11.5 Å². The summed E-state index contributed by atoms with van der Waals surface area (Å²) in [4.78, 5) is 0. The van der Waals surface area contributed by atoms with Gasteiger partial charge in [0.1, 0.15) is 11.5 Å². The van der Waals surface area contributed by atoms with Crippen molar-refractivity contribution in [3.63, 3.8) is 0 Å². The highest BCUT2D eigenvalue weighted by molar-refractivity contribution is 5.47. The molecule has 0 spiro atoms. The van der Waals surface area contributed by atoms with E-state index in [1.807, 2.05) is 42.5 Å². The number of para-hydroxylation sites is 1. The van der Waals surface area contributed by atoms with Gasteiger partial charge in [0.05, 0.1) is 0 Å². The van der Waals surface area contributed by atoms with Crippen LogP contribution < -0.4 is 15.4 Å². The van der Waals surface area contributed by atoms with E-state index in [0.717, 1.165) is 42.7 Å². The smallest absolute Gasteiger partial charge is 0.127 e.